The molecule has 0 saturated heterocycles. The quantitative estimate of drug-likeness (QED) is 0.723. The van der Waals surface area contributed by atoms with Crippen LogP contribution in [0.3, 0.4) is 0 Å². The number of nitrogens with zero attached hydrogens (tertiary/aromatic N) is 2. The van der Waals surface area contributed by atoms with Gasteiger partial charge < -0.3 is 10.2 Å². The van der Waals surface area contributed by atoms with Gasteiger partial charge in [-0.2, -0.15) is 0 Å². The zero-order valence-electron chi connectivity index (χ0n) is 11.5. The molecule has 0 saturated carbocycles. The number of anilines is 1. The van der Waals surface area contributed by atoms with E-state index in [0.29, 0.717) is 0 Å². The van der Waals surface area contributed by atoms with Crippen molar-refractivity contribution in [1.82, 2.24) is 10.3 Å². The molecule has 0 aliphatic rings. The number of aromatic nitrogens is 1. The van der Waals surface area contributed by atoms with Gasteiger partial charge in [0.2, 0.25) is 0 Å². The third-order valence-electron chi connectivity index (χ3n) is 2.64. The minimum absolute atomic E-state index is 0.753. The second-order valence-corrected chi connectivity index (χ2v) is 5.74. The zero-order valence-corrected chi connectivity index (χ0v) is 12.3. The zero-order chi connectivity index (χ0) is 12.7. The highest BCUT2D eigenvalue weighted by Crippen LogP contribution is 2.19. The topological polar surface area (TPSA) is 28.2 Å². The molecule has 1 aromatic rings. The number of hydrogen-bond acceptors (Lipinski definition) is 4. The van der Waals surface area contributed by atoms with Crippen LogP contribution in [0.4, 0.5) is 5.13 Å². The van der Waals surface area contributed by atoms with Gasteiger partial charge in [-0.05, 0) is 25.3 Å². The van der Waals surface area contributed by atoms with Crippen LogP contribution < -0.4 is 10.2 Å². The standard InChI is InChI=1S/C13H25N3S/c1-5-7-14-9-12-10-17-13(15-12)16(4)8-6-11(2)3/h10-11,14H,5-9H2,1-4H3. The molecule has 0 bridgehead atoms. The van der Waals surface area contributed by atoms with Crippen molar-refractivity contribution >= 4 is 16.5 Å². The molecule has 0 aliphatic carbocycles. The third-order valence-corrected chi connectivity index (χ3v) is 3.64. The predicted molar refractivity (Wildman–Crippen MR) is 76.8 cm³/mol. The summed E-state index contributed by atoms with van der Waals surface area (Å²) >= 11 is 1.74. The number of nitrogens with one attached hydrogen (secondary N) is 1. The first kappa shape index (κ1) is 14.5. The molecule has 0 unspecified atom stereocenters. The van der Waals surface area contributed by atoms with Gasteiger partial charge in [-0.15, -0.1) is 11.3 Å². The summed E-state index contributed by atoms with van der Waals surface area (Å²) in [4.78, 5) is 6.90. The maximum Gasteiger partial charge on any atom is 0.185 e. The Kier molecular flexibility index (Phi) is 6.52. The van der Waals surface area contributed by atoms with E-state index in [4.69, 9.17) is 0 Å². The first-order valence-electron chi connectivity index (χ1n) is 6.49. The van der Waals surface area contributed by atoms with E-state index >= 15 is 0 Å². The van der Waals surface area contributed by atoms with Crippen LogP contribution in [0.2, 0.25) is 0 Å². The molecule has 1 rings (SSSR count). The fourth-order valence-corrected chi connectivity index (χ4v) is 2.31. The van der Waals surface area contributed by atoms with Gasteiger partial charge in [0.05, 0.1) is 5.69 Å². The summed E-state index contributed by atoms with van der Waals surface area (Å²) < 4.78 is 0. The van der Waals surface area contributed by atoms with E-state index in [1.807, 2.05) is 0 Å². The summed E-state index contributed by atoms with van der Waals surface area (Å²) in [6.07, 6.45) is 2.39. The molecule has 1 N–H and O–H groups in total. The molecule has 0 amide bonds. The fourth-order valence-electron chi connectivity index (χ4n) is 1.49. The van der Waals surface area contributed by atoms with Gasteiger partial charge in [-0.25, -0.2) is 4.98 Å². The second-order valence-electron chi connectivity index (χ2n) is 4.90. The summed E-state index contributed by atoms with van der Waals surface area (Å²) in [6.45, 7) is 9.75. The molecule has 0 atom stereocenters. The lowest BCUT2D eigenvalue weighted by Gasteiger charge is -2.16. The predicted octanol–water partition coefficient (Wildman–Crippen LogP) is 3.13. The Morgan fingerprint density at radius 2 is 2.24 bits per heavy atom. The summed E-state index contributed by atoms with van der Waals surface area (Å²) in [5, 5.41) is 6.67. The molecule has 1 heterocycles. The maximum atomic E-state index is 4.64. The molecule has 0 aliphatic heterocycles. The SMILES string of the molecule is CCCNCc1csc(N(C)CCC(C)C)n1. The van der Waals surface area contributed by atoms with Gasteiger partial charge in [0.1, 0.15) is 0 Å². The average Bonchev–Trinajstić information content (AvgIpc) is 2.75. The molecule has 3 nitrogen and oxygen atoms in total. The Morgan fingerprint density at radius 1 is 1.47 bits per heavy atom. The molecule has 0 radical (unpaired) electrons. The van der Waals surface area contributed by atoms with Crippen molar-refractivity contribution in [1.29, 1.82) is 0 Å². The maximum absolute atomic E-state index is 4.64. The molecular formula is C13H25N3S. The second kappa shape index (κ2) is 7.67. The van der Waals surface area contributed by atoms with Crippen LogP contribution in [-0.4, -0.2) is 25.1 Å². The average molecular weight is 255 g/mol. The van der Waals surface area contributed by atoms with Gasteiger partial charge in [0.15, 0.2) is 5.13 Å². The van der Waals surface area contributed by atoms with Crippen LogP contribution in [0.5, 0.6) is 0 Å². The minimum Gasteiger partial charge on any atom is -0.351 e. The van der Waals surface area contributed by atoms with Gasteiger partial charge in [0.25, 0.3) is 0 Å². The molecule has 17 heavy (non-hydrogen) atoms. The molecule has 1 aromatic heterocycles. The minimum atomic E-state index is 0.753. The van der Waals surface area contributed by atoms with Crippen molar-refractivity contribution in [3.63, 3.8) is 0 Å². The van der Waals surface area contributed by atoms with E-state index in [0.717, 1.165) is 36.4 Å². The van der Waals surface area contributed by atoms with E-state index in [-0.39, 0.29) is 0 Å². The summed E-state index contributed by atoms with van der Waals surface area (Å²) in [5.41, 5.74) is 1.16. The van der Waals surface area contributed by atoms with Crippen molar-refractivity contribution < 1.29 is 0 Å². The van der Waals surface area contributed by atoms with Gasteiger partial charge in [-0.3, -0.25) is 0 Å². The van der Waals surface area contributed by atoms with Crippen molar-refractivity contribution in [3.8, 4) is 0 Å². The van der Waals surface area contributed by atoms with Gasteiger partial charge >= 0.3 is 0 Å². The molecular weight excluding hydrogens is 230 g/mol. The van der Waals surface area contributed by atoms with Crippen molar-refractivity contribution in [3.05, 3.63) is 11.1 Å². The number of rotatable bonds is 8. The summed E-state index contributed by atoms with van der Waals surface area (Å²) in [7, 11) is 2.13. The monoisotopic (exact) mass is 255 g/mol. The van der Waals surface area contributed by atoms with Crippen LogP contribution in [0.15, 0.2) is 5.38 Å². The Balaban J connectivity index is 2.38. The highest BCUT2D eigenvalue weighted by molar-refractivity contribution is 7.13. The van der Waals surface area contributed by atoms with Crippen LogP contribution in [-0.2, 0) is 6.54 Å². The van der Waals surface area contributed by atoms with Crippen LogP contribution in [0.1, 0.15) is 39.3 Å². The lowest BCUT2D eigenvalue weighted by molar-refractivity contribution is 0.584. The Labute approximate surface area is 109 Å². The highest BCUT2D eigenvalue weighted by atomic mass is 32.1. The van der Waals surface area contributed by atoms with E-state index in [2.05, 4.69) is 48.4 Å². The Morgan fingerprint density at radius 3 is 2.88 bits per heavy atom. The number of thiazole rings is 1. The molecule has 0 aromatic carbocycles. The summed E-state index contributed by atoms with van der Waals surface area (Å²) in [5.74, 6) is 0.753. The largest absolute Gasteiger partial charge is 0.351 e. The highest BCUT2D eigenvalue weighted by Gasteiger charge is 2.07. The van der Waals surface area contributed by atoms with E-state index < -0.39 is 0 Å². The smallest absolute Gasteiger partial charge is 0.185 e. The van der Waals surface area contributed by atoms with E-state index in [1.54, 1.807) is 11.3 Å². The van der Waals surface area contributed by atoms with Crippen molar-refractivity contribution in [2.75, 3.05) is 25.0 Å². The fraction of sp³-hybridized carbons (Fsp3) is 0.769. The first-order valence-corrected chi connectivity index (χ1v) is 7.37. The molecule has 98 valence electrons. The van der Waals surface area contributed by atoms with E-state index in [1.165, 1.54) is 12.8 Å². The molecule has 0 spiro atoms. The van der Waals surface area contributed by atoms with Crippen LogP contribution >= 0.6 is 11.3 Å². The summed E-state index contributed by atoms with van der Waals surface area (Å²) in [6, 6.07) is 0. The third kappa shape index (κ3) is 5.50. The molecule has 4 heteroatoms. The van der Waals surface area contributed by atoms with Crippen molar-refractivity contribution in [2.24, 2.45) is 5.92 Å². The lowest BCUT2D eigenvalue weighted by atomic mass is 10.1. The van der Waals surface area contributed by atoms with Crippen LogP contribution in [0, 0.1) is 5.92 Å². The van der Waals surface area contributed by atoms with Gasteiger partial charge in [-0.1, -0.05) is 20.8 Å². The lowest BCUT2D eigenvalue weighted by Crippen LogP contribution is -2.20. The Bertz CT molecular complexity index is 309. The normalized spacial score (nSPS) is 11.1. The van der Waals surface area contributed by atoms with Crippen LogP contribution in [0.25, 0.3) is 0 Å². The first-order chi connectivity index (χ1) is 8.13. The number of hydrogen-bond donors (Lipinski definition) is 1. The van der Waals surface area contributed by atoms with E-state index in [9.17, 15) is 0 Å². The Hall–Kier alpha value is -0.610. The van der Waals surface area contributed by atoms with Crippen molar-refractivity contribution in [2.45, 2.75) is 40.2 Å². The van der Waals surface area contributed by atoms with Gasteiger partial charge in [0, 0.05) is 25.5 Å². The molecule has 0 fully saturated rings.